The summed E-state index contributed by atoms with van der Waals surface area (Å²) < 4.78 is 1.11. The fraction of sp³-hybridized carbons (Fsp3) is 0.500. The molecular formula is C12H16BrNO. The van der Waals surface area contributed by atoms with Crippen molar-refractivity contribution in [2.45, 2.75) is 12.8 Å². The highest BCUT2D eigenvalue weighted by molar-refractivity contribution is 9.10. The number of hydrogen-bond donors (Lipinski definition) is 1. The van der Waals surface area contributed by atoms with E-state index in [1.165, 1.54) is 12.1 Å². The number of benzene rings is 1. The van der Waals surface area contributed by atoms with E-state index in [4.69, 9.17) is 5.11 Å². The summed E-state index contributed by atoms with van der Waals surface area (Å²) in [6.45, 7) is 2.41. The smallest absolute Gasteiger partial charge is 0.0476 e. The van der Waals surface area contributed by atoms with Gasteiger partial charge in [0.05, 0.1) is 0 Å². The Morgan fingerprint density at radius 1 is 1.33 bits per heavy atom. The lowest BCUT2D eigenvalue weighted by atomic mass is 9.98. The Morgan fingerprint density at radius 3 is 2.73 bits per heavy atom. The molecule has 0 aliphatic carbocycles. The summed E-state index contributed by atoms with van der Waals surface area (Å²) in [5.41, 5.74) is 1.26. The number of nitrogens with zero attached hydrogens (tertiary/aromatic N) is 1. The average Bonchev–Trinajstić information content (AvgIpc) is 2.30. The lowest BCUT2D eigenvalue weighted by molar-refractivity contribution is 0.209. The molecule has 1 aromatic carbocycles. The van der Waals surface area contributed by atoms with Crippen molar-refractivity contribution in [2.24, 2.45) is 5.92 Å². The molecule has 1 fully saturated rings. The molecule has 2 nitrogen and oxygen atoms in total. The number of aliphatic hydroxyl groups excluding tert-OH is 1. The molecule has 0 saturated carbocycles. The van der Waals surface area contributed by atoms with Crippen LogP contribution in [0.4, 0.5) is 5.69 Å². The number of piperidine rings is 1. The summed E-state index contributed by atoms with van der Waals surface area (Å²) in [6, 6.07) is 8.39. The summed E-state index contributed by atoms with van der Waals surface area (Å²) in [6.07, 6.45) is 2.34. The fourth-order valence-corrected chi connectivity index (χ4v) is 2.36. The summed E-state index contributed by atoms with van der Waals surface area (Å²) in [5, 5.41) is 9.17. The van der Waals surface area contributed by atoms with Gasteiger partial charge in [0.2, 0.25) is 0 Å². The Bertz CT molecular complexity index is 312. The minimum absolute atomic E-state index is 0.313. The van der Waals surface area contributed by atoms with Gasteiger partial charge in [0, 0.05) is 29.9 Å². The molecule has 2 rings (SSSR count). The van der Waals surface area contributed by atoms with Crippen molar-refractivity contribution in [3.05, 3.63) is 28.7 Å². The minimum atomic E-state index is 0.313. The molecule has 0 amide bonds. The zero-order valence-corrected chi connectivity index (χ0v) is 10.3. The van der Waals surface area contributed by atoms with Crippen LogP contribution in [0.3, 0.4) is 0 Å². The van der Waals surface area contributed by atoms with Crippen molar-refractivity contribution < 1.29 is 5.11 Å². The van der Waals surface area contributed by atoms with Crippen LogP contribution in [-0.4, -0.2) is 24.8 Å². The zero-order chi connectivity index (χ0) is 10.7. The SMILES string of the molecule is OCC1CCCN(c2ccc(Br)cc2)C1. The van der Waals surface area contributed by atoms with Crippen LogP contribution >= 0.6 is 15.9 Å². The Labute approximate surface area is 99.0 Å². The quantitative estimate of drug-likeness (QED) is 0.893. The topological polar surface area (TPSA) is 23.5 Å². The summed E-state index contributed by atoms with van der Waals surface area (Å²) in [7, 11) is 0. The lowest BCUT2D eigenvalue weighted by Crippen LogP contribution is -2.36. The molecule has 1 aliphatic heterocycles. The molecule has 0 spiro atoms. The van der Waals surface area contributed by atoms with Gasteiger partial charge in [0.25, 0.3) is 0 Å². The van der Waals surface area contributed by atoms with Gasteiger partial charge in [-0.2, -0.15) is 0 Å². The van der Waals surface area contributed by atoms with Gasteiger partial charge in [-0.05, 0) is 43.0 Å². The van der Waals surface area contributed by atoms with E-state index in [0.29, 0.717) is 12.5 Å². The first kappa shape index (κ1) is 11.0. The van der Waals surface area contributed by atoms with E-state index in [9.17, 15) is 0 Å². The molecule has 0 aromatic heterocycles. The summed E-state index contributed by atoms with van der Waals surface area (Å²) >= 11 is 3.44. The van der Waals surface area contributed by atoms with Crippen molar-refractivity contribution in [1.29, 1.82) is 0 Å². The number of hydrogen-bond acceptors (Lipinski definition) is 2. The van der Waals surface area contributed by atoms with Crippen LogP contribution in [-0.2, 0) is 0 Å². The van der Waals surface area contributed by atoms with Crippen LogP contribution in [0.25, 0.3) is 0 Å². The molecule has 1 aromatic rings. The summed E-state index contributed by atoms with van der Waals surface area (Å²) in [5.74, 6) is 0.447. The molecule has 1 unspecified atom stereocenters. The Hall–Kier alpha value is -0.540. The third-order valence-corrected chi connectivity index (χ3v) is 3.50. The highest BCUT2D eigenvalue weighted by Crippen LogP contribution is 2.24. The molecule has 1 heterocycles. The van der Waals surface area contributed by atoms with Crippen LogP contribution in [0.15, 0.2) is 28.7 Å². The first-order chi connectivity index (χ1) is 7.29. The number of rotatable bonds is 2. The van der Waals surface area contributed by atoms with E-state index in [1.54, 1.807) is 0 Å². The van der Waals surface area contributed by atoms with Gasteiger partial charge >= 0.3 is 0 Å². The maximum Gasteiger partial charge on any atom is 0.0476 e. The Morgan fingerprint density at radius 2 is 2.07 bits per heavy atom. The maximum atomic E-state index is 9.17. The molecule has 3 heteroatoms. The van der Waals surface area contributed by atoms with E-state index < -0.39 is 0 Å². The largest absolute Gasteiger partial charge is 0.396 e. The molecule has 0 bridgehead atoms. The van der Waals surface area contributed by atoms with Crippen LogP contribution < -0.4 is 4.90 Å². The summed E-state index contributed by atoms with van der Waals surface area (Å²) in [4.78, 5) is 2.36. The number of aliphatic hydroxyl groups is 1. The predicted molar refractivity (Wildman–Crippen MR) is 66.2 cm³/mol. The molecule has 1 N–H and O–H groups in total. The second kappa shape index (κ2) is 4.99. The van der Waals surface area contributed by atoms with E-state index in [1.807, 2.05) is 0 Å². The van der Waals surface area contributed by atoms with Gasteiger partial charge in [-0.3, -0.25) is 0 Å². The van der Waals surface area contributed by atoms with Crippen LogP contribution in [0.1, 0.15) is 12.8 Å². The van der Waals surface area contributed by atoms with Gasteiger partial charge in [-0.15, -0.1) is 0 Å². The third-order valence-electron chi connectivity index (χ3n) is 2.97. The van der Waals surface area contributed by atoms with E-state index in [-0.39, 0.29) is 0 Å². The van der Waals surface area contributed by atoms with Gasteiger partial charge in [-0.1, -0.05) is 15.9 Å². The van der Waals surface area contributed by atoms with Gasteiger partial charge < -0.3 is 10.0 Å². The number of anilines is 1. The lowest BCUT2D eigenvalue weighted by Gasteiger charge is -2.33. The first-order valence-electron chi connectivity index (χ1n) is 5.41. The number of halogens is 1. The fourth-order valence-electron chi connectivity index (χ4n) is 2.10. The van der Waals surface area contributed by atoms with Crippen LogP contribution in [0.5, 0.6) is 0 Å². The van der Waals surface area contributed by atoms with Crippen molar-refractivity contribution in [3.8, 4) is 0 Å². The predicted octanol–water partition coefficient (Wildman–Crippen LogP) is 2.66. The van der Waals surface area contributed by atoms with E-state index in [2.05, 4.69) is 45.1 Å². The second-order valence-corrected chi connectivity index (χ2v) is 5.03. The molecule has 1 aliphatic rings. The van der Waals surface area contributed by atoms with Crippen molar-refractivity contribution in [2.75, 3.05) is 24.6 Å². The maximum absolute atomic E-state index is 9.17. The zero-order valence-electron chi connectivity index (χ0n) is 8.69. The van der Waals surface area contributed by atoms with Gasteiger partial charge in [0.1, 0.15) is 0 Å². The van der Waals surface area contributed by atoms with Crippen LogP contribution in [0, 0.1) is 5.92 Å². The Kier molecular flexibility index (Phi) is 3.65. The van der Waals surface area contributed by atoms with Gasteiger partial charge in [-0.25, -0.2) is 0 Å². The first-order valence-corrected chi connectivity index (χ1v) is 6.20. The molecule has 15 heavy (non-hydrogen) atoms. The van der Waals surface area contributed by atoms with Gasteiger partial charge in [0.15, 0.2) is 0 Å². The monoisotopic (exact) mass is 269 g/mol. The normalized spacial score (nSPS) is 21.7. The standard InChI is InChI=1S/C12H16BrNO/c13-11-3-5-12(6-4-11)14-7-1-2-10(8-14)9-15/h3-6,10,15H,1-2,7-9H2. The second-order valence-electron chi connectivity index (χ2n) is 4.11. The molecule has 1 atom stereocenters. The van der Waals surface area contributed by atoms with Crippen molar-refractivity contribution in [1.82, 2.24) is 0 Å². The molecule has 82 valence electrons. The van der Waals surface area contributed by atoms with Crippen molar-refractivity contribution in [3.63, 3.8) is 0 Å². The molecular weight excluding hydrogens is 254 g/mol. The van der Waals surface area contributed by atoms with E-state index in [0.717, 1.165) is 24.0 Å². The molecule has 1 saturated heterocycles. The van der Waals surface area contributed by atoms with Crippen molar-refractivity contribution >= 4 is 21.6 Å². The highest BCUT2D eigenvalue weighted by Gasteiger charge is 2.18. The molecule has 0 radical (unpaired) electrons. The van der Waals surface area contributed by atoms with E-state index >= 15 is 0 Å². The Balaban J connectivity index is 2.06. The minimum Gasteiger partial charge on any atom is -0.396 e. The third kappa shape index (κ3) is 2.73. The highest BCUT2D eigenvalue weighted by atomic mass is 79.9. The average molecular weight is 270 g/mol. The van der Waals surface area contributed by atoms with Crippen LogP contribution in [0.2, 0.25) is 0 Å².